The van der Waals surface area contributed by atoms with Crippen LogP contribution < -0.4 is 10.1 Å². The van der Waals surface area contributed by atoms with E-state index in [1.807, 2.05) is 42.5 Å². The van der Waals surface area contributed by atoms with Crippen molar-refractivity contribution in [1.29, 1.82) is 0 Å². The van der Waals surface area contributed by atoms with Crippen LogP contribution in [0.5, 0.6) is 5.75 Å². The summed E-state index contributed by atoms with van der Waals surface area (Å²) in [6, 6.07) is 15.9. The van der Waals surface area contributed by atoms with Gasteiger partial charge >= 0.3 is 0 Å². The molecule has 144 valence electrons. The van der Waals surface area contributed by atoms with E-state index in [0.717, 1.165) is 51.4 Å². The molecule has 0 radical (unpaired) electrons. The molecule has 0 saturated carbocycles. The molecule has 1 saturated heterocycles. The lowest BCUT2D eigenvalue weighted by atomic mass is 10.1. The molecule has 1 N–H and O–H groups in total. The van der Waals surface area contributed by atoms with Crippen LogP contribution in [0.15, 0.2) is 48.5 Å². The highest BCUT2D eigenvalue weighted by Gasteiger charge is 2.11. The number of carbonyl (C=O) groups is 1. The quantitative estimate of drug-likeness (QED) is 0.728. The van der Waals surface area contributed by atoms with Crippen LogP contribution in [0.3, 0.4) is 0 Å². The van der Waals surface area contributed by atoms with Gasteiger partial charge < -0.3 is 14.8 Å². The Morgan fingerprint density at radius 3 is 2.59 bits per heavy atom. The highest BCUT2D eigenvalue weighted by atomic mass is 16.5. The third kappa shape index (κ3) is 5.81. The molecule has 3 rings (SSSR count). The van der Waals surface area contributed by atoms with Crippen LogP contribution in [0.25, 0.3) is 0 Å². The van der Waals surface area contributed by atoms with Crippen LogP contribution >= 0.6 is 0 Å². The number of rotatable bonds is 8. The molecule has 0 bridgehead atoms. The van der Waals surface area contributed by atoms with Gasteiger partial charge in [-0.2, -0.15) is 0 Å². The van der Waals surface area contributed by atoms with Gasteiger partial charge in [0.25, 0.3) is 5.91 Å². The molecule has 27 heavy (non-hydrogen) atoms. The van der Waals surface area contributed by atoms with E-state index >= 15 is 0 Å². The number of nitrogens with zero attached hydrogens (tertiary/aromatic N) is 1. The molecule has 0 atom stereocenters. The van der Waals surface area contributed by atoms with E-state index in [1.165, 1.54) is 11.1 Å². The molecule has 2 aromatic carbocycles. The van der Waals surface area contributed by atoms with Gasteiger partial charge in [0.15, 0.2) is 0 Å². The Bertz CT molecular complexity index is 725. The van der Waals surface area contributed by atoms with E-state index in [2.05, 4.69) is 16.3 Å². The number of amides is 1. The Balaban J connectivity index is 1.42. The zero-order valence-corrected chi connectivity index (χ0v) is 15.9. The first-order valence-electron chi connectivity index (χ1n) is 9.55. The number of hydrogen-bond acceptors (Lipinski definition) is 4. The molecule has 0 aromatic heterocycles. The van der Waals surface area contributed by atoms with Crippen molar-refractivity contribution in [3.63, 3.8) is 0 Å². The predicted molar refractivity (Wildman–Crippen MR) is 106 cm³/mol. The fourth-order valence-electron chi connectivity index (χ4n) is 3.27. The first kappa shape index (κ1) is 19.4. The molecule has 2 aromatic rings. The molecule has 0 spiro atoms. The highest BCUT2D eigenvalue weighted by Crippen LogP contribution is 2.18. The Hall–Kier alpha value is -2.37. The van der Waals surface area contributed by atoms with Crippen LogP contribution in [0.4, 0.5) is 0 Å². The van der Waals surface area contributed by atoms with Crippen molar-refractivity contribution in [3.8, 4) is 5.75 Å². The largest absolute Gasteiger partial charge is 0.496 e. The lowest BCUT2D eigenvalue weighted by Gasteiger charge is -2.26. The van der Waals surface area contributed by atoms with E-state index < -0.39 is 0 Å². The van der Waals surface area contributed by atoms with Gasteiger partial charge in [0.05, 0.1) is 20.3 Å². The number of carbonyl (C=O) groups excluding carboxylic acids is 1. The smallest absolute Gasteiger partial charge is 0.251 e. The minimum Gasteiger partial charge on any atom is -0.496 e. The molecule has 1 aliphatic heterocycles. The fourth-order valence-corrected chi connectivity index (χ4v) is 3.27. The van der Waals surface area contributed by atoms with E-state index in [4.69, 9.17) is 9.47 Å². The summed E-state index contributed by atoms with van der Waals surface area (Å²) in [5, 5.41) is 3.00. The van der Waals surface area contributed by atoms with E-state index in [0.29, 0.717) is 12.1 Å². The van der Waals surface area contributed by atoms with Gasteiger partial charge in [-0.15, -0.1) is 0 Å². The summed E-state index contributed by atoms with van der Waals surface area (Å²) >= 11 is 0. The SMILES string of the molecule is COc1ccccc1CCCNC(=O)c1ccc(CN2CCOCC2)cc1. The van der Waals surface area contributed by atoms with Crippen LogP contribution in [0.2, 0.25) is 0 Å². The van der Waals surface area contributed by atoms with Crippen LogP contribution in [-0.4, -0.2) is 50.8 Å². The number of benzene rings is 2. The Morgan fingerprint density at radius 2 is 1.85 bits per heavy atom. The van der Waals surface area contributed by atoms with Gasteiger partial charge in [-0.05, 0) is 42.2 Å². The third-order valence-electron chi connectivity index (χ3n) is 4.83. The van der Waals surface area contributed by atoms with E-state index in [9.17, 15) is 4.79 Å². The third-order valence-corrected chi connectivity index (χ3v) is 4.83. The lowest BCUT2D eigenvalue weighted by molar-refractivity contribution is 0.0342. The van der Waals surface area contributed by atoms with Gasteiger partial charge in [0.1, 0.15) is 5.75 Å². The molecule has 0 aliphatic carbocycles. The minimum absolute atomic E-state index is 0.0204. The number of ether oxygens (including phenoxy) is 2. The monoisotopic (exact) mass is 368 g/mol. The van der Waals surface area contributed by atoms with Crippen molar-refractivity contribution >= 4 is 5.91 Å². The average Bonchev–Trinajstić information content (AvgIpc) is 2.72. The number of morpholine rings is 1. The minimum atomic E-state index is -0.0204. The molecular weight excluding hydrogens is 340 g/mol. The zero-order chi connectivity index (χ0) is 18.9. The topological polar surface area (TPSA) is 50.8 Å². The molecule has 1 heterocycles. The normalized spacial score (nSPS) is 14.7. The number of nitrogens with one attached hydrogen (secondary N) is 1. The first-order chi connectivity index (χ1) is 13.3. The second-order valence-electron chi connectivity index (χ2n) is 6.76. The maximum absolute atomic E-state index is 12.3. The summed E-state index contributed by atoms with van der Waals surface area (Å²) in [7, 11) is 1.68. The van der Waals surface area contributed by atoms with Crippen molar-refractivity contribution in [2.24, 2.45) is 0 Å². The number of aryl methyl sites for hydroxylation is 1. The second-order valence-corrected chi connectivity index (χ2v) is 6.76. The predicted octanol–water partition coefficient (Wildman–Crippen LogP) is 2.89. The summed E-state index contributed by atoms with van der Waals surface area (Å²) < 4.78 is 10.7. The van der Waals surface area contributed by atoms with Crippen molar-refractivity contribution < 1.29 is 14.3 Å². The molecule has 0 unspecified atom stereocenters. The second kappa shape index (κ2) is 10.1. The number of hydrogen-bond donors (Lipinski definition) is 1. The lowest BCUT2D eigenvalue weighted by Crippen LogP contribution is -2.35. The number of para-hydroxylation sites is 1. The van der Waals surface area contributed by atoms with Gasteiger partial charge in [-0.3, -0.25) is 9.69 Å². The summed E-state index contributed by atoms with van der Waals surface area (Å²) in [6.07, 6.45) is 1.75. The Kier molecular flexibility index (Phi) is 7.25. The summed E-state index contributed by atoms with van der Waals surface area (Å²) in [6.45, 7) is 5.09. The van der Waals surface area contributed by atoms with Crippen LogP contribution in [0, 0.1) is 0 Å². The molecule has 1 amide bonds. The summed E-state index contributed by atoms with van der Waals surface area (Å²) in [5.74, 6) is 0.882. The van der Waals surface area contributed by atoms with Gasteiger partial charge in [0, 0.05) is 31.7 Å². The van der Waals surface area contributed by atoms with Crippen molar-refractivity contribution in [2.45, 2.75) is 19.4 Å². The van der Waals surface area contributed by atoms with E-state index in [1.54, 1.807) is 7.11 Å². The van der Waals surface area contributed by atoms with Crippen molar-refractivity contribution in [3.05, 3.63) is 65.2 Å². The van der Waals surface area contributed by atoms with Crippen molar-refractivity contribution in [2.75, 3.05) is 40.0 Å². The van der Waals surface area contributed by atoms with Crippen molar-refractivity contribution in [1.82, 2.24) is 10.2 Å². The van der Waals surface area contributed by atoms with Gasteiger partial charge in [0.2, 0.25) is 0 Å². The van der Waals surface area contributed by atoms with Gasteiger partial charge in [-0.1, -0.05) is 30.3 Å². The standard InChI is InChI=1S/C22H28N2O3/c1-26-21-7-3-2-5-19(21)6-4-12-23-22(25)20-10-8-18(9-11-20)17-24-13-15-27-16-14-24/h2-3,5,7-11H,4,6,12-17H2,1H3,(H,23,25). The van der Waals surface area contributed by atoms with E-state index in [-0.39, 0.29) is 5.91 Å². The fraction of sp³-hybridized carbons (Fsp3) is 0.409. The Morgan fingerprint density at radius 1 is 1.11 bits per heavy atom. The summed E-state index contributed by atoms with van der Waals surface area (Å²) in [4.78, 5) is 14.7. The molecular formula is C22H28N2O3. The molecule has 1 aliphatic rings. The number of methoxy groups -OCH3 is 1. The zero-order valence-electron chi connectivity index (χ0n) is 15.9. The molecule has 5 nitrogen and oxygen atoms in total. The van der Waals surface area contributed by atoms with Crippen LogP contribution in [0.1, 0.15) is 27.9 Å². The molecule has 1 fully saturated rings. The maximum atomic E-state index is 12.3. The Labute approximate surface area is 161 Å². The summed E-state index contributed by atoms with van der Waals surface area (Å²) in [5.41, 5.74) is 3.10. The molecule has 5 heteroatoms. The maximum Gasteiger partial charge on any atom is 0.251 e. The highest BCUT2D eigenvalue weighted by molar-refractivity contribution is 5.94. The average molecular weight is 368 g/mol. The van der Waals surface area contributed by atoms with Gasteiger partial charge in [-0.25, -0.2) is 0 Å². The first-order valence-corrected chi connectivity index (χ1v) is 9.55. The van der Waals surface area contributed by atoms with Crippen LogP contribution in [-0.2, 0) is 17.7 Å².